The molecule has 1 radical (unpaired) electrons. The highest BCUT2D eigenvalue weighted by molar-refractivity contribution is 5.38. The fourth-order valence-corrected chi connectivity index (χ4v) is 1.24. The first-order valence-corrected chi connectivity index (χ1v) is 4.28. The largest absolute Gasteiger partial charge is 0.207 e. The van der Waals surface area contributed by atoms with Gasteiger partial charge in [-0.1, -0.05) is 0 Å². The van der Waals surface area contributed by atoms with E-state index in [4.69, 9.17) is 0 Å². The van der Waals surface area contributed by atoms with E-state index in [-0.39, 0.29) is 5.82 Å². The molecule has 0 aromatic heterocycles. The Kier molecular flexibility index (Phi) is 3.23. The van der Waals surface area contributed by atoms with Gasteiger partial charge in [-0.25, -0.2) is 4.39 Å². The van der Waals surface area contributed by atoms with Crippen LogP contribution in [0.25, 0.3) is 0 Å². The Morgan fingerprint density at radius 3 is 2.00 bits per heavy atom. The molecule has 0 spiro atoms. The summed E-state index contributed by atoms with van der Waals surface area (Å²) in [5.41, 5.74) is 1.08. The minimum atomic E-state index is -0.175. The van der Waals surface area contributed by atoms with Crippen molar-refractivity contribution < 1.29 is 4.39 Å². The van der Waals surface area contributed by atoms with Crippen LogP contribution < -0.4 is 4.90 Å². The number of benzene rings is 1. The van der Waals surface area contributed by atoms with Crippen molar-refractivity contribution in [3.8, 4) is 0 Å². The van der Waals surface area contributed by atoms with Crippen LogP contribution in [0, 0.1) is 5.82 Å². The first kappa shape index (κ1) is 9.20. The van der Waals surface area contributed by atoms with Crippen molar-refractivity contribution >= 4 is 5.69 Å². The molecule has 0 heterocycles. The molecule has 1 rings (SSSR count). The maximum Gasteiger partial charge on any atom is 0.180 e. The van der Waals surface area contributed by atoms with E-state index in [0.29, 0.717) is 0 Å². The van der Waals surface area contributed by atoms with Gasteiger partial charge in [0.2, 0.25) is 0 Å². The first-order chi connectivity index (χ1) is 5.77. The van der Waals surface area contributed by atoms with Crippen LogP contribution in [0.3, 0.4) is 0 Å². The van der Waals surface area contributed by atoms with E-state index in [1.807, 2.05) is 12.1 Å². The molecule has 0 amide bonds. The topological polar surface area (TPSA) is 5.90 Å². The third-order valence-electron chi connectivity index (χ3n) is 1.96. The maximum atomic E-state index is 12.5. The van der Waals surface area contributed by atoms with Crippen molar-refractivity contribution in [2.75, 3.05) is 13.1 Å². The highest BCUT2D eigenvalue weighted by Crippen LogP contribution is 2.13. The smallest absolute Gasteiger partial charge is 0.180 e. The molecule has 1 aromatic rings. The van der Waals surface area contributed by atoms with Gasteiger partial charge in [0.15, 0.2) is 5.69 Å². The van der Waals surface area contributed by atoms with Crippen LogP contribution in [0.15, 0.2) is 24.3 Å². The average molecular weight is 167 g/mol. The molecular formula is C10H14FN+. The van der Waals surface area contributed by atoms with Crippen LogP contribution in [0.5, 0.6) is 0 Å². The monoisotopic (exact) mass is 167 g/mol. The molecule has 0 unspecified atom stereocenters. The molecule has 0 saturated carbocycles. The molecule has 0 atom stereocenters. The standard InChI is InChI=1S/C10H14FN/c1-3-12(4-2)10-7-5-9(11)6-8-10/h5-8H,3-4H2,1-2H3/q+1. The minimum Gasteiger partial charge on any atom is -0.207 e. The summed E-state index contributed by atoms with van der Waals surface area (Å²) in [6.07, 6.45) is 0. The normalized spacial score (nSPS) is 10.7. The van der Waals surface area contributed by atoms with Gasteiger partial charge in [0.25, 0.3) is 0 Å². The Labute approximate surface area is 72.8 Å². The molecule has 0 saturated heterocycles. The maximum absolute atomic E-state index is 12.5. The van der Waals surface area contributed by atoms with Crippen molar-refractivity contribution in [3.05, 3.63) is 30.1 Å². The van der Waals surface area contributed by atoms with Gasteiger partial charge in [0, 0.05) is 12.1 Å². The Morgan fingerprint density at radius 1 is 1.08 bits per heavy atom. The van der Waals surface area contributed by atoms with E-state index < -0.39 is 0 Å². The SMILES string of the molecule is CC[N+](CC)c1ccc(F)cc1. The number of hydrogen-bond donors (Lipinski definition) is 0. The summed E-state index contributed by atoms with van der Waals surface area (Å²) in [5, 5.41) is 0. The molecular weight excluding hydrogens is 153 g/mol. The summed E-state index contributed by atoms with van der Waals surface area (Å²) in [4.78, 5) is 2.18. The molecule has 0 fully saturated rings. The second-order valence-corrected chi connectivity index (χ2v) is 2.65. The lowest BCUT2D eigenvalue weighted by Gasteiger charge is -2.05. The summed E-state index contributed by atoms with van der Waals surface area (Å²) < 4.78 is 12.5. The van der Waals surface area contributed by atoms with Crippen LogP contribution >= 0.6 is 0 Å². The number of halogens is 1. The van der Waals surface area contributed by atoms with Gasteiger partial charge in [-0.3, -0.25) is 0 Å². The van der Waals surface area contributed by atoms with Gasteiger partial charge in [-0.2, -0.15) is 0 Å². The summed E-state index contributed by atoms with van der Waals surface area (Å²) in [5.74, 6) is -0.175. The van der Waals surface area contributed by atoms with Gasteiger partial charge in [-0.05, 0) is 26.0 Å². The quantitative estimate of drug-likeness (QED) is 0.610. The summed E-state index contributed by atoms with van der Waals surface area (Å²) in [6, 6.07) is 6.60. The van der Waals surface area contributed by atoms with Crippen molar-refractivity contribution in [1.29, 1.82) is 0 Å². The Hall–Kier alpha value is -0.890. The zero-order valence-corrected chi connectivity index (χ0v) is 7.55. The number of rotatable bonds is 3. The van der Waals surface area contributed by atoms with Gasteiger partial charge in [0.1, 0.15) is 18.9 Å². The Morgan fingerprint density at radius 2 is 1.58 bits per heavy atom. The van der Waals surface area contributed by atoms with E-state index in [0.717, 1.165) is 18.8 Å². The van der Waals surface area contributed by atoms with Crippen molar-refractivity contribution in [2.24, 2.45) is 0 Å². The zero-order valence-electron chi connectivity index (χ0n) is 7.55. The molecule has 0 bridgehead atoms. The third kappa shape index (κ3) is 2.05. The number of hydrogen-bond acceptors (Lipinski definition) is 1. The second kappa shape index (κ2) is 4.21. The fraction of sp³-hybridized carbons (Fsp3) is 0.400. The van der Waals surface area contributed by atoms with Gasteiger partial charge in [0.05, 0.1) is 0 Å². The molecule has 12 heavy (non-hydrogen) atoms. The van der Waals surface area contributed by atoms with Crippen LogP contribution in [-0.4, -0.2) is 13.1 Å². The number of nitrogens with zero attached hydrogens (tertiary/aromatic N) is 1. The summed E-state index contributed by atoms with van der Waals surface area (Å²) in [6.45, 7) is 6.10. The van der Waals surface area contributed by atoms with Gasteiger partial charge in [-0.15, -0.1) is 4.90 Å². The molecule has 65 valence electrons. The van der Waals surface area contributed by atoms with E-state index >= 15 is 0 Å². The molecule has 2 heteroatoms. The lowest BCUT2D eigenvalue weighted by Crippen LogP contribution is -2.23. The molecule has 1 aromatic carbocycles. The molecule has 1 nitrogen and oxygen atoms in total. The predicted molar refractivity (Wildman–Crippen MR) is 49.3 cm³/mol. The first-order valence-electron chi connectivity index (χ1n) is 4.28. The van der Waals surface area contributed by atoms with Crippen molar-refractivity contribution in [1.82, 2.24) is 4.90 Å². The fourth-order valence-electron chi connectivity index (χ4n) is 1.24. The van der Waals surface area contributed by atoms with E-state index in [9.17, 15) is 4.39 Å². The molecule has 0 aliphatic heterocycles. The van der Waals surface area contributed by atoms with Crippen molar-refractivity contribution in [3.63, 3.8) is 0 Å². The van der Waals surface area contributed by atoms with Crippen LogP contribution in [-0.2, 0) is 0 Å². The Balaban J connectivity index is 2.80. The highest BCUT2D eigenvalue weighted by atomic mass is 19.1. The van der Waals surface area contributed by atoms with Crippen molar-refractivity contribution in [2.45, 2.75) is 13.8 Å². The van der Waals surface area contributed by atoms with Crippen LogP contribution in [0.1, 0.15) is 13.8 Å². The molecule has 0 aliphatic carbocycles. The summed E-state index contributed by atoms with van der Waals surface area (Å²) in [7, 11) is 0. The summed E-state index contributed by atoms with van der Waals surface area (Å²) >= 11 is 0. The highest BCUT2D eigenvalue weighted by Gasteiger charge is 2.12. The Bertz CT molecular complexity index is 226. The van der Waals surface area contributed by atoms with E-state index in [1.54, 1.807) is 0 Å². The number of anilines is 1. The van der Waals surface area contributed by atoms with Crippen LogP contribution in [0.2, 0.25) is 0 Å². The lowest BCUT2D eigenvalue weighted by atomic mass is 10.3. The van der Waals surface area contributed by atoms with Crippen LogP contribution in [0.4, 0.5) is 10.1 Å². The predicted octanol–water partition coefficient (Wildman–Crippen LogP) is 2.64. The second-order valence-electron chi connectivity index (χ2n) is 2.65. The molecule has 0 aliphatic rings. The van der Waals surface area contributed by atoms with E-state index in [1.165, 1.54) is 12.1 Å². The zero-order chi connectivity index (χ0) is 8.97. The van der Waals surface area contributed by atoms with Gasteiger partial charge < -0.3 is 0 Å². The lowest BCUT2D eigenvalue weighted by molar-refractivity contribution is 0.579. The average Bonchev–Trinajstić information content (AvgIpc) is 2.10. The third-order valence-corrected chi connectivity index (χ3v) is 1.96. The van der Waals surface area contributed by atoms with E-state index in [2.05, 4.69) is 18.7 Å². The van der Waals surface area contributed by atoms with Gasteiger partial charge >= 0.3 is 0 Å². The molecule has 0 N–H and O–H groups in total. The minimum absolute atomic E-state index is 0.175.